The molecule has 6 heteroatoms. The number of hydrogen-bond donors (Lipinski definition) is 1. The van der Waals surface area contributed by atoms with Gasteiger partial charge in [0.15, 0.2) is 0 Å². The Morgan fingerprint density at radius 1 is 0.941 bits per heavy atom. The summed E-state index contributed by atoms with van der Waals surface area (Å²) in [5.41, 5.74) is 4.42. The molecule has 1 aliphatic heterocycles. The lowest BCUT2D eigenvalue weighted by atomic mass is 9.91. The van der Waals surface area contributed by atoms with Crippen LogP contribution in [-0.4, -0.2) is 43.2 Å². The van der Waals surface area contributed by atoms with Gasteiger partial charge in [0.2, 0.25) is 5.91 Å². The van der Waals surface area contributed by atoms with Gasteiger partial charge in [0, 0.05) is 23.6 Å². The van der Waals surface area contributed by atoms with Gasteiger partial charge in [-0.15, -0.1) is 0 Å². The molecule has 0 saturated carbocycles. The van der Waals surface area contributed by atoms with Crippen LogP contribution in [0.5, 0.6) is 17.2 Å². The van der Waals surface area contributed by atoms with Crippen LogP contribution in [0.2, 0.25) is 0 Å². The summed E-state index contributed by atoms with van der Waals surface area (Å²) < 4.78 is 16.8. The number of H-pyrrole nitrogens is 1. The Morgan fingerprint density at radius 2 is 1.68 bits per heavy atom. The molecule has 1 amide bonds. The number of benzene rings is 3. The number of methoxy groups -OCH3 is 2. The zero-order valence-electron chi connectivity index (χ0n) is 19.4. The van der Waals surface area contributed by atoms with Crippen molar-refractivity contribution in [2.75, 3.05) is 27.4 Å². The van der Waals surface area contributed by atoms with Gasteiger partial charge in [0.1, 0.15) is 23.9 Å². The maximum Gasteiger partial charge on any atom is 0.227 e. The minimum Gasteiger partial charge on any atom is -0.497 e. The highest BCUT2D eigenvalue weighted by atomic mass is 16.5. The third kappa shape index (κ3) is 4.31. The van der Waals surface area contributed by atoms with Crippen molar-refractivity contribution in [3.63, 3.8) is 0 Å². The number of rotatable bonds is 8. The Balaban J connectivity index is 1.40. The van der Waals surface area contributed by atoms with Crippen molar-refractivity contribution in [3.8, 4) is 17.2 Å². The maximum absolute atomic E-state index is 13.3. The number of aromatic amines is 1. The highest BCUT2D eigenvalue weighted by Crippen LogP contribution is 2.34. The Morgan fingerprint density at radius 3 is 2.47 bits per heavy atom. The van der Waals surface area contributed by atoms with Gasteiger partial charge >= 0.3 is 0 Å². The fourth-order valence-corrected chi connectivity index (χ4v) is 4.68. The number of ether oxygens (including phenoxy) is 3. The predicted octanol–water partition coefficient (Wildman–Crippen LogP) is 4.93. The molecule has 4 aromatic rings. The third-order valence-corrected chi connectivity index (χ3v) is 6.51. The van der Waals surface area contributed by atoms with Crippen molar-refractivity contribution in [3.05, 3.63) is 89.6 Å². The van der Waals surface area contributed by atoms with Crippen LogP contribution >= 0.6 is 0 Å². The van der Waals surface area contributed by atoms with E-state index in [2.05, 4.69) is 23.2 Å². The average molecular weight is 457 g/mol. The number of nitrogens with zero attached hydrogens (tertiary/aromatic N) is 1. The van der Waals surface area contributed by atoms with Crippen molar-refractivity contribution in [1.29, 1.82) is 0 Å². The number of fused-ring (bicyclic) bond motifs is 2. The smallest absolute Gasteiger partial charge is 0.227 e. The van der Waals surface area contributed by atoms with E-state index in [1.807, 2.05) is 59.6 Å². The lowest BCUT2D eigenvalue weighted by Gasteiger charge is -2.37. The number of para-hydroxylation sites is 1. The van der Waals surface area contributed by atoms with E-state index < -0.39 is 0 Å². The van der Waals surface area contributed by atoms with E-state index in [0.29, 0.717) is 19.6 Å². The Kier molecular flexibility index (Phi) is 6.12. The average Bonchev–Trinajstić information content (AvgIpc) is 3.29. The minimum absolute atomic E-state index is 0.101. The normalized spacial score (nSPS) is 15.3. The molecular weight excluding hydrogens is 428 g/mol. The maximum atomic E-state index is 13.3. The summed E-state index contributed by atoms with van der Waals surface area (Å²) in [5, 5.41) is 1.20. The molecule has 3 aromatic carbocycles. The number of nitrogens with one attached hydrogen (secondary N) is 1. The van der Waals surface area contributed by atoms with Gasteiger partial charge < -0.3 is 24.1 Å². The second kappa shape index (κ2) is 9.51. The van der Waals surface area contributed by atoms with E-state index in [0.717, 1.165) is 40.3 Å². The molecule has 2 heterocycles. The minimum atomic E-state index is -0.186. The van der Waals surface area contributed by atoms with Gasteiger partial charge in [-0.2, -0.15) is 0 Å². The van der Waals surface area contributed by atoms with Crippen LogP contribution in [0.1, 0.15) is 22.7 Å². The first kappa shape index (κ1) is 21.9. The molecule has 0 bridgehead atoms. The van der Waals surface area contributed by atoms with E-state index in [4.69, 9.17) is 14.2 Å². The first-order chi connectivity index (χ1) is 16.7. The summed E-state index contributed by atoms with van der Waals surface area (Å²) in [6, 6.07) is 21.5. The van der Waals surface area contributed by atoms with Gasteiger partial charge in [-0.3, -0.25) is 4.79 Å². The highest BCUT2D eigenvalue weighted by molar-refractivity contribution is 5.84. The van der Waals surface area contributed by atoms with E-state index >= 15 is 0 Å². The molecule has 0 saturated heterocycles. The van der Waals surface area contributed by atoms with Crippen LogP contribution in [0.4, 0.5) is 0 Å². The van der Waals surface area contributed by atoms with Crippen LogP contribution in [0.15, 0.2) is 72.9 Å². The molecule has 0 aliphatic carbocycles. The monoisotopic (exact) mass is 456 g/mol. The predicted molar refractivity (Wildman–Crippen MR) is 132 cm³/mol. The molecule has 1 aromatic heterocycles. The number of amides is 1. The van der Waals surface area contributed by atoms with E-state index in [-0.39, 0.29) is 11.9 Å². The Labute approximate surface area is 199 Å². The van der Waals surface area contributed by atoms with Crippen molar-refractivity contribution in [2.45, 2.75) is 18.9 Å². The molecule has 0 spiro atoms. The zero-order chi connectivity index (χ0) is 23.5. The van der Waals surface area contributed by atoms with Crippen molar-refractivity contribution >= 4 is 16.8 Å². The molecule has 1 aliphatic rings. The molecule has 5 rings (SSSR count). The van der Waals surface area contributed by atoms with E-state index in [9.17, 15) is 4.79 Å². The molecule has 1 atom stereocenters. The number of hydrogen-bond acceptors (Lipinski definition) is 4. The summed E-state index contributed by atoms with van der Waals surface area (Å²) >= 11 is 0. The molecule has 34 heavy (non-hydrogen) atoms. The summed E-state index contributed by atoms with van der Waals surface area (Å²) in [4.78, 5) is 18.6. The van der Waals surface area contributed by atoms with E-state index in [1.165, 1.54) is 10.9 Å². The van der Waals surface area contributed by atoms with Crippen LogP contribution in [-0.2, 0) is 17.6 Å². The molecule has 6 nitrogen and oxygen atoms in total. The van der Waals surface area contributed by atoms with Gasteiger partial charge in [-0.05, 0) is 65.6 Å². The standard InChI is InChI=1S/C28H28N2O4/c1-32-21-7-9-22(10-8-21)34-18-27-25-12-11-23(33-2)15-20(25)16-28(31)30(27)14-13-19-17-29-26-6-4-3-5-24(19)26/h3-12,15,17,27,29H,13-14,16,18H2,1-2H3. The molecular formula is C28H28N2O4. The lowest BCUT2D eigenvalue weighted by Crippen LogP contribution is -2.43. The van der Waals surface area contributed by atoms with Crippen molar-refractivity contribution < 1.29 is 19.0 Å². The molecule has 0 fully saturated rings. The first-order valence-corrected chi connectivity index (χ1v) is 11.4. The number of carbonyl (C=O) groups is 1. The molecule has 0 radical (unpaired) electrons. The molecule has 174 valence electrons. The zero-order valence-corrected chi connectivity index (χ0v) is 19.4. The fraction of sp³-hybridized carbons (Fsp3) is 0.250. The number of carbonyl (C=O) groups excluding carboxylic acids is 1. The number of aromatic nitrogens is 1. The fourth-order valence-electron chi connectivity index (χ4n) is 4.68. The SMILES string of the molecule is COc1ccc(OCC2c3ccc(OC)cc3CC(=O)N2CCc2c[nH]c3ccccc23)cc1. The van der Waals surface area contributed by atoms with Gasteiger partial charge in [0.05, 0.1) is 26.7 Å². The third-order valence-electron chi connectivity index (χ3n) is 6.51. The van der Waals surface area contributed by atoms with Gasteiger partial charge in [-0.1, -0.05) is 24.3 Å². The lowest BCUT2D eigenvalue weighted by molar-refractivity contribution is -0.134. The van der Waals surface area contributed by atoms with Crippen molar-refractivity contribution in [1.82, 2.24) is 9.88 Å². The van der Waals surface area contributed by atoms with Crippen LogP contribution in [0, 0.1) is 0 Å². The topological polar surface area (TPSA) is 63.8 Å². The van der Waals surface area contributed by atoms with Crippen LogP contribution < -0.4 is 14.2 Å². The quantitative estimate of drug-likeness (QED) is 0.408. The van der Waals surface area contributed by atoms with Crippen LogP contribution in [0.25, 0.3) is 10.9 Å². The molecule has 1 N–H and O–H groups in total. The molecule has 1 unspecified atom stereocenters. The summed E-state index contributed by atoms with van der Waals surface area (Å²) in [6.45, 7) is 0.980. The van der Waals surface area contributed by atoms with Gasteiger partial charge in [0.25, 0.3) is 0 Å². The van der Waals surface area contributed by atoms with Crippen molar-refractivity contribution in [2.24, 2.45) is 0 Å². The van der Waals surface area contributed by atoms with Crippen LogP contribution in [0.3, 0.4) is 0 Å². The second-order valence-electron chi connectivity index (χ2n) is 8.44. The van der Waals surface area contributed by atoms with Gasteiger partial charge in [-0.25, -0.2) is 0 Å². The first-order valence-electron chi connectivity index (χ1n) is 11.4. The summed E-state index contributed by atoms with van der Waals surface area (Å²) in [6.07, 6.45) is 3.17. The Hall–Kier alpha value is -3.93. The second-order valence-corrected chi connectivity index (χ2v) is 8.44. The van der Waals surface area contributed by atoms with E-state index in [1.54, 1.807) is 14.2 Å². The highest BCUT2D eigenvalue weighted by Gasteiger charge is 2.33. The summed E-state index contributed by atoms with van der Waals surface area (Å²) in [5.74, 6) is 2.38. The largest absolute Gasteiger partial charge is 0.497 e. The summed E-state index contributed by atoms with van der Waals surface area (Å²) in [7, 11) is 3.28. The Bertz CT molecular complexity index is 1300.